The van der Waals surface area contributed by atoms with E-state index in [4.69, 9.17) is 16.6 Å². The third-order valence-electron chi connectivity index (χ3n) is 4.77. The number of rotatable bonds is 4. The summed E-state index contributed by atoms with van der Waals surface area (Å²) in [4.78, 5) is 17.4. The Morgan fingerprint density at radius 1 is 1.00 bits per heavy atom. The maximum absolute atomic E-state index is 12.6. The minimum absolute atomic E-state index is 0.0952. The lowest BCUT2D eigenvalue weighted by Crippen LogP contribution is -2.16. The summed E-state index contributed by atoms with van der Waals surface area (Å²) in [5.74, 6) is 0. The standard InChI is InChI=1S/C22H20ClN3O/c1-14-3-5-16(6-4-14)7-12-19-13-20(27)26-22(24-19)21(15(2)25-26)17-8-10-18(23)11-9-17/h3-6,8-11,13,25H,7,12H2,1-2H3. The number of H-pyrrole nitrogens is 1. The smallest absolute Gasteiger partial charge is 0.272 e. The maximum Gasteiger partial charge on any atom is 0.272 e. The maximum atomic E-state index is 12.6. The number of aryl methyl sites for hydroxylation is 4. The van der Waals surface area contributed by atoms with E-state index in [0.717, 1.165) is 35.4 Å². The van der Waals surface area contributed by atoms with Gasteiger partial charge in [-0.3, -0.25) is 9.89 Å². The lowest BCUT2D eigenvalue weighted by Gasteiger charge is -2.05. The largest absolute Gasteiger partial charge is 0.293 e. The van der Waals surface area contributed by atoms with Crippen LogP contribution in [0.4, 0.5) is 0 Å². The van der Waals surface area contributed by atoms with Crippen LogP contribution in [0.25, 0.3) is 16.8 Å². The molecule has 0 fully saturated rings. The van der Waals surface area contributed by atoms with Crippen molar-refractivity contribution in [2.24, 2.45) is 0 Å². The van der Waals surface area contributed by atoms with Gasteiger partial charge in [0.2, 0.25) is 0 Å². The molecule has 27 heavy (non-hydrogen) atoms. The second kappa shape index (κ2) is 7.05. The van der Waals surface area contributed by atoms with Crippen LogP contribution in [0.15, 0.2) is 59.4 Å². The molecule has 0 aliphatic heterocycles. The van der Waals surface area contributed by atoms with Crippen molar-refractivity contribution in [3.05, 3.63) is 92.5 Å². The molecule has 0 saturated carbocycles. The van der Waals surface area contributed by atoms with Crippen molar-refractivity contribution < 1.29 is 0 Å². The molecule has 0 unspecified atom stereocenters. The van der Waals surface area contributed by atoms with E-state index in [0.29, 0.717) is 10.7 Å². The number of aromatic amines is 1. The van der Waals surface area contributed by atoms with Crippen LogP contribution >= 0.6 is 11.6 Å². The van der Waals surface area contributed by atoms with E-state index < -0.39 is 0 Å². The van der Waals surface area contributed by atoms with Crippen LogP contribution in [0.2, 0.25) is 5.02 Å². The van der Waals surface area contributed by atoms with E-state index in [1.165, 1.54) is 15.6 Å². The van der Waals surface area contributed by atoms with Gasteiger partial charge in [0.15, 0.2) is 5.65 Å². The zero-order valence-electron chi connectivity index (χ0n) is 15.3. The number of benzene rings is 2. The van der Waals surface area contributed by atoms with Gasteiger partial charge in [0, 0.05) is 28.0 Å². The van der Waals surface area contributed by atoms with E-state index in [-0.39, 0.29) is 5.56 Å². The van der Waals surface area contributed by atoms with Crippen LogP contribution in [-0.2, 0) is 12.8 Å². The molecule has 0 bridgehead atoms. The Kier molecular flexibility index (Phi) is 4.58. The number of hydrogen-bond donors (Lipinski definition) is 1. The first-order chi connectivity index (χ1) is 13.0. The van der Waals surface area contributed by atoms with E-state index >= 15 is 0 Å². The highest BCUT2D eigenvalue weighted by Crippen LogP contribution is 2.27. The monoisotopic (exact) mass is 377 g/mol. The molecule has 4 aromatic rings. The van der Waals surface area contributed by atoms with Crippen LogP contribution in [0.3, 0.4) is 0 Å². The molecule has 5 heteroatoms. The minimum Gasteiger partial charge on any atom is -0.293 e. The normalized spacial score (nSPS) is 11.2. The summed E-state index contributed by atoms with van der Waals surface area (Å²) in [5, 5.41) is 3.81. The summed E-state index contributed by atoms with van der Waals surface area (Å²) in [6.45, 7) is 4.02. The highest BCUT2D eigenvalue weighted by molar-refractivity contribution is 6.30. The molecule has 0 radical (unpaired) electrons. The Balaban J connectivity index is 1.73. The van der Waals surface area contributed by atoms with Crippen molar-refractivity contribution in [2.75, 3.05) is 0 Å². The van der Waals surface area contributed by atoms with Gasteiger partial charge in [-0.05, 0) is 49.9 Å². The predicted molar refractivity (Wildman–Crippen MR) is 110 cm³/mol. The van der Waals surface area contributed by atoms with Gasteiger partial charge in [-0.25, -0.2) is 9.50 Å². The van der Waals surface area contributed by atoms with Crippen molar-refractivity contribution >= 4 is 17.2 Å². The number of halogens is 1. The van der Waals surface area contributed by atoms with Crippen molar-refractivity contribution in [3.8, 4) is 11.1 Å². The molecule has 0 spiro atoms. The van der Waals surface area contributed by atoms with Gasteiger partial charge >= 0.3 is 0 Å². The van der Waals surface area contributed by atoms with Crippen LogP contribution in [0.1, 0.15) is 22.5 Å². The zero-order chi connectivity index (χ0) is 19.0. The second-order valence-corrected chi connectivity index (χ2v) is 7.29. The van der Waals surface area contributed by atoms with Gasteiger partial charge in [0.05, 0.1) is 0 Å². The Hall–Kier alpha value is -2.85. The van der Waals surface area contributed by atoms with Gasteiger partial charge in [0.25, 0.3) is 5.56 Å². The highest BCUT2D eigenvalue weighted by Gasteiger charge is 2.14. The molecule has 4 nitrogen and oxygen atoms in total. The SMILES string of the molecule is Cc1ccc(CCc2cc(=O)n3[nH]c(C)c(-c4ccc(Cl)cc4)c3n2)cc1. The van der Waals surface area contributed by atoms with Crippen LogP contribution in [0.5, 0.6) is 0 Å². The van der Waals surface area contributed by atoms with Gasteiger partial charge < -0.3 is 0 Å². The first kappa shape index (κ1) is 17.6. The third-order valence-corrected chi connectivity index (χ3v) is 5.03. The Morgan fingerprint density at radius 3 is 2.41 bits per heavy atom. The number of hydrogen-bond acceptors (Lipinski definition) is 2. The topological polar surface area (TPSA) is 50.2 Å². The van der Waals surface area contributed by atoms with Gasteiger partial charge in [0.1, 0.15) is 0 Å². The van der Waals surface area contributed by atoms with Crippen molar-refractivity contribution in [3.63, 3.8) is 0 Å². The minimum atomic E-state index is -0.0952. The number of aromatic nitrogens is 3. The fourth-order valence-corrected chi connectivity index (χ4v) is 3.44. The second-order valence-electron chi connectivity index (χ2n) is 6.85. The molecule has 0 aliphatic rings. The zero-order valence-corrected chi connectivity index (χ0v) is 16.0. The molecule has 2 heterocycles. The summed E-state index contributed by atoms with van der Waals surface area (Å²) in [6, 6.07) is 17.7. The number of nitrogens with one attached hydrogen (secondary N) is 1. The summed E-state index contributed by atoms with van der Waals surface area (Å²) >= 11 is 6.01. The molecule has 0 saturated heterocycles. The predicted octanol–water partition coefficient (Wildman–Crippen LogP) is 4.75. The molecular weight excluding hydrogens is 358 g/mol. The molecule has 4 rings (SSSR count). The highest BCUT2D eigenvalue weighted by atomic mass is 35.5. The number of fused-ring (bicyclic) bond motifs is 1. The quantitative estimate of drug-likeness (QED) is 0.558. The first-order valence-electron chi connectivity index (χ1n) is 8.94. The van der Waals surface area contributed by atoms with E-state index in [2.05, 4.69) is 36.3 Å². The van der Waals surface area contributed by atoms with Gasteiger partial charge in [-0.15, -0.1) is 0 Å². The van der Waals surface area contributed by atoms with E-state index in [1.54, 1.807) is 6.07 Å². The summed E-state index contributed by atoms with van der Waals surface area (Å²) in [6.07, 6.45) is 1.57. The molecule has 0 aliphatic carbocycles. The molecule has 2 aromatic heterocycles. The van der Waals surface area contributed by atoms with Crippen molar-refractivity contribution in [1.29, 1.82) is 0 Å². The molecule has 136 valence electrons. The molecule has 1 N–H and O–H groups in total. The average Bonchev–Trinajstić information content (AvgIpc) is 2.99. The summed E-state index contributed by atoms with van der Waals surface area (Å²) < 4.78 is 1.51. The van der Waals surface area contributed by atoms with Crippen LogP contribution in [0, 0.1) is 13.8 Å². The third kappa shape index (κ3) is 3.53. The van der Waals surface area contributed by atoms with Crippen LogP contribution in [-0.4, -0.2) is 14.6 Å². The van der Waals surface area contributed by atoms with Gasteiger partial charge in [-0.2, -0.15) is 0 Å². The lowest BCUT2D eigenvalue weighted by molar-refractivity contribution is 0.843. The van der Waals surface area contributed by atoms with E-state index in [1.807, 2.05) is 31.2 Å². The molecule has 2 aromatic carbocycles. The Bertz CT molecular complexity index is 1160. The van der Waals surface area contributed by atoms with Gasteiger partial charge in [-0.1, -0.05) is 53.6 Å². The molecular formula is C22H20ClN3O. The fourth-order valence-electron chi connectivity index (χ4n) is 3.31. The average molecular weight is 378 g/mol. The number of nitrogens with zero attached hydrogens (tertiary/aromatic N) is 2. The summed E-state index contributed by atoms with van der Waals surface area (Å²) in [7, 11) is 0. The van der Waals surface area contributed by atoms with Crippen molar-refractivity contribution in [2.45, 2.75) is 26.7 Å². The van der Waals surface area contributed by atoms with E-state index in [9.17, 15) is 4.79 Å². The fraction of sp³-hybridized carbons (Fsp3) is 0.182. The first-order valence-corrected chi connectivity index (χ1v) is 9.32. The summed E-state index contributed by atoms with van der Waals surface area (Å²) in [5.41, 5.74) is 6.66. The van der Waals surface area contributed by atoms with Crippen LogP contribution < -0.4 is 5.56 Å². The van der Waals surface area contributed by atoms with Crippen molar-refractivity contribution in [1.82, 2.24) is 14.6 Å². The molecule has 0 amide bonds. The lowest BCUT2D eigenvalue weighted by atomic mass is 10.1. The Labute approximate surface area is 162 Å². The molecule has 0 atom stereocenters. The Morgan fingerprint density at radius 2 is 1.70 bits per heavy atom.